The van der Waals surface area contributed by atoms with Crippen LogP contribution in [0.1, 0.15) is 52.0 Å². The maximum absolute atomic E-state index is 13.5. The molecule has 2 N–H and O–H groups in total. The monoisotopic (exact) mass is 509 g/mol. The maximum atomic E-state index is 13.5. The SMILES string of the molecule is CCS(=O)C1CCCC(NC(=NC)NCC(C)(C)c2cccc(F)c2)C1.I. The van der Waals surface area contributed by atoms with E-state index in [0.29, 0.717) is 12.6 Å². The van der Waals surface area contributed by atoms with Crippen LogP contribution in [0, 0.1) is 5.82 Å². The van der Waals surface area contributed by atoms with E-state index in [9.17, 15) is 8.60 Å². The van der Waals surface area contributed by atoms with Gasteiger partial charge in [0.15, 0.2) is 5.96 Å². The Morgan fingerprint density at radius 2 is 2.11 bits per heavy atom. The number of hydrogen-bond donors (Lipinski definition) is 2. The highest BCUT2D eigenvalue weighted by Gasteiger charge is 2.27. The van der Waals surface area contributed by atoms with Crippen LogP contribution in [0.25, 0.3) is 0 Å². The van der Waals surface area contributed by atoms with Crippen molar-refractivity contribution in [1.29, 1.82) is 0 Å². The Kier molecular flexibility index (Phi) is 10.2. The van der Waals surface area contributed by atoms with Crippen molar-refractivity contribution in [3.8, 4) is 0 Å². The Morgan fingerprint density at radius 3 is 2.74 bits per heavy atom. The standard InChI is InChI=1S/C20H32FN3OS.HI/c1-5-26(25)18-11-7-10-17(13-18)24-19(22-4)23-14-20(2,3)15-8-6-9-16(21)12-15;/h6,8-9,12,17-18H,5,7,10-11,13-14H2,1-4H3,(H2,22,23,24);1H. The first-order valence-corrected chi connectivity index (χ1v) is 10.8. The van der Waals surface area contributed by atoms with E-state index >= 15 is 0 Å². The van der Waals surface area contributed by atoms with Crippen molar-refractivity contribution >= 4 is 40.7 Å². The van der Waals surface area contributed by atoms with Crippen LogP contribution < -0.4 is 10.6 Å². The van der Waals surface area contributed by atoms with Gasteiger partial charge >= 0.3 is 0 Å². The summed E-state index contributed by atoms with van der Waals surface area (Å²) in [6.07, 6.45) is 4.15. The van der Waals surface area contributed by atoms with Gasteiger partial charge < -0.3 is 10.6 Å². The number of halogens is 2. The number of rotatable bonds is 6. The second kappa shape index (κ2) is 11.3. The van der Waals surface area contributed by atoms with Gasteiger partial charge in [-0.25, -0.2) is 4.39 Å². The summed E-state index contributed by atoms with van der Waals surface area (Å²) in [6, 6.07) is 7.05. The van der Waals surface area contributed by atoms with Crippen LogP contribution in [-0.2, 0) is 16.2 Å². The molecule has 27 heavy (non-hydrogen) atoms. The fraction of sp³-hybridized carbons (Fsp3) is 0.650. The number of aliphatic imine (C=N–C) groups is 1. The molecule has 0 spiro atoms. The molecule has 1 saturated carbocycles. The van der Waals surface area contributed by atoms with Gasteiger partial charge in [0.05, 0.1) is 0 Å². The van der Waals surface area contributed by atoms with Gasteiger partial charge in [-0.1, -0.05) is 39.3 Å². The largest absolute Gasteiger partial charge is 0.356 e. The van der Waals surface area contributed by atoms with Crippen LogP contribution in [0.3, 0.4) is 0 Å². The van der Waals surface area contributed by atoms with Crippen molar-refractivity contribution in [1.82, 2.24) is 10.6 Å². The first-order valence-electron chi connectivity index (χ1n) is 9.46. The Bertz CT molecular complexity index is 654. The molecule has 0 radical (unpaired) electrons. The lowest BCUT2D eigenvalue weighted by Crippen LogP contribution is -2.49. The molecule has 1 aromatic carbocycles. The highest BCUT2D eigenvalue weighted by molar-refractivity contribution is 14.0. The van der Waals surface area contributed by atoms with Crippen molar-refractivity contribution in [3.05, 3.63) is 35.6 Å². The van der Waals surface area contributed by atoms with Gasteiger partial charge in [-0.3, -0.25) is 9.20 Å². The van der Waals surface area contributed by atoms with Crippen molar-refractivity contribution in [2.45, 2.75) is 63.2 Å². The average Bonchev–Trinajstić information content (AvgIpc) is 2.64. The summed E-state index contributed by atoms with van der Waals surface area (Å²) in [5, 5.41) is 7.14. The van der Waals surface area contributed by atoms with Gasteiger partial charge in [0.2, 0.25) is 0 Å². The zero-order valence-corrected chi connectivity index (χ0v) is 19.9. The second-order valence-corrected chi connectivity index (χ2v) is 9.62. The number of nitrogens with one attached hydrogen (secondary N) is 2. The van der Waals surface area contributed by atoms with E-state index in [0.717, 1.165) is 43.0 Å². The molecule has 1 fully saturated rings. The Balaban J connectivity index is 0.00000364. The van der Waals surface area contributed by atoms with Crippen molar-refractivity contribution in [3.63, 3.8) is 0 Å². The van der Waals surface area contributed by atoms with Crippen LogP contribution in [-0.4, -0.2) is 40.8 Å². The molecule has 0 bridgehead atoms. The first-order chi connectivity index (χ1) is 12.4. The van der Waals surface area contributed by atoms with Crippen LogP contribution in [0.4, 0.5) is 4.39 Å². The van der Waals surface area contributed by atoms with Gasteiger partial charge in [0.25, 0.3) is 0 Å². The van der Waals surface area contributed by atoms with Gasteiger partial charge in [0, 0.05) is 46.9 Å². The zero-order valence-electron chi connectivity index (χ0n) is 16.8. The first kappa shape index (κ1) is 24.3. The van der Waals surface area contributed by atoms with Crippen LogP contribution in [0.5, 0.6) is 0 Å². The van der Waals surface area contributed by atoms with E-state index in [-0.39, 0.29) is 40.5 Å². The smallest absolute Gasteiger partial charge is 0.191 e. The molecule has 0 aromatic heterocycles. The molecule has 1 aliphatic rings. The molecule has 0 amide bonds. The lowest BCUT2D eigenvalue weighted by molar-refractivity contribution is 0.410. The fourth-order valence-electron chi connectivity index (χ4n) is 3.45. The fourth-order valence-corrected chi connectivity index (χ4v) is 4.80. The predicted octanol–water partition coefficient (Wildman–Crippen LogP) is 3.97. The minimum atomic E-state index is -0.732. The van der Waals surface area contributed by atoms with E-state index in [1.165, 1.54) is 6.07 Å². The normalized spacial score (nSPS) is 21.9. The molecular weight excluding hydrogens is 476 g/mol. The molecule has 0 aliphatic heterocycles. The summed E-state index contributed by atoms with van der Waals surface area (Å²) in [5.74, 6) is 1.27. The summed E-state index contributed by atoms with van der Waals surface area (Å²) in [5.41, 5.74) is 0.731. The molecule has 7 heteroatoms. The Labute approximate surface area is 182 Å². The molecule has 3 unspecified atom stereocenters. The minimum absolute atomic E-state index is 0. The second-order valence-electron chi connectivity index (χ2n) is 7.62. The Hall–Kier alpha value is -0.700. The zero-order chi connectivity index (χ0) is 19.2. The van der Waals surface area contributed by atoms with Crippen LogP contribution in [0.15, 0.2) is 29.3 Å². The number of nitrogens with zero attached hydrogens (tertiary/aromatic N) is 1. The Morgan fingerprint density at radius 1 is 1.37 bits per heavy atom. The van der Waals surface area contributed by atoms with Crippen LogP contribution >= 0.6 is 24.0 Å². The molecule has 4 nitrogen and oxygen atoms in total. The molecule has 2 rings (SSSR count). The van der Waals surface area contributed by atoms with Crippen LogP contribution in [0.2, 0.25) is 0 Å². The van der Waals surface area contributed by atoms with Gasteiger partial charge in [0.1, 0.15) is 5.82 Å². The maximum Gasteiger partial charge on any atom is 0.191 e. The third kappa shape index (κ3) is 7.33. The molecule has 1 aliphatic carbocycles. The van der Waals surface area contributed by atoms with E-state index in [1.54, 1.807) is 19.2 Å². The molecule has 1 aromatic rings. The molecule has 0 saturated heterocycles. The summed E-state index contributed by atoms with van der Waals surface area (Å²) < 4.78 is 25.6. The van der Waals surface area contributed by atoms with Gasteiger partial charge in [-0.05, 0) is 37.0 Å². The van der Waals surface area contributed by atoms with E-state index in [1.807, 2.05) is 13.0 Å². The van der Waals surface area contributed by atoms with Gasteiger partial charge in [-0.15, -0.1) is 24.0 Å². The third-order valence-electron chi connectivity index (χ3n) is 5.15. The highest BCUT2D eigenvalue weighted by atomic mass is 127. The molecule has 3 atom stereocenters. The highest BCUT2D eigenvalue weighted by Crippen LogP contribution is 2.24. The molecular formula is C20H33FIN3OS. The van der Waals surface area contributed by atoms with E-state index in [4.69, 9.17) is 0 Å². The van der Waals surface area contributed by atoms with Crippen molar-refractivity contribution in [2.75, 3.05) is 19.3 Å². The quantitative estimate of drug-likeness (QED) is 0.347. The lowest BCUT2D eigenvalue weighted by atomic mass is 9.84. The van der Waals surface area contributed by atoms with Gasteiger partial charge in [-0.2, -0.15) is 0 Å². The van der Waals surface area contributed by atoms with Crippen molar-refractivity contribution < 1.29 is 8.60 Å². The number of hydrogen-bond acceptors (Lipinski definition) is 2. The van der Waals surface area contributed by atoms with E-state index in [2.05, 4.69) is 29.5 Å². The number of guanidine groups is 1. The minimum Gasteiger partial charge on any atom is -0.356 e. The van der Waals surface area contributed by atoms with Crippen molar-refractivity contribution in [2.24, 2.45) is 4.99 Å². The molecule has 154 valence electrons. The number of benzene rings is 1. The summed E-state index contributed by atoms with van der Waals surface area (Å²) >= 11 is 0. The summed E-state index contributed by atoms with van der Waals surface area (Å²) in [7, 11) is 1.03. The average molecular weight is 509 g/mol. The summed E-state index contributed by atoms with van der Waals surface area (Å²) in [6.45, 7) is 6.81. The summed E-state index contributed by atoms with van der Waals surface area (Å²) in [4.78, 5) is 4.33. The van der Waals surface area contributed by atoms with E-state index < -0.39 is 10.8 Å². The predicted molar refractivity (Wildman–Crippen MR) is 124 cm³/mol. The third-order valence-corrected chi connectivity index (χ3v) is 6.89. The molecule has 0 heterocycles. The topological polar surface area (TPSA) is 53.5 Å². The lowest BCUT2D eigenvalue weighted by Gasteiger charge is -2.31.